The number of benzene rings is 2. The molecule has 0 N–H and O–H groups in total. The minimum Gasteiger partial charge on any atom is -0.303 e. The summed E-state index contributed by atoms with van der Waals surface area (Å²) in [5, 5.41) is 0. The molecule has 0 aromatic heterocycles. The van der Waals surface area contributed by atoms with E-state index in [1.54, 1.807) is 0 Å². The van der Waals surface area contributed by atoms with Crippen LogP contribution in [0.3, 0.4) is 0 Å². The lowest BCUT2D eigenvalue weighted by Gasteiger charge is -2.42. The minimum absolute atomic E-state index is 0.322. The fraction of sp³-hybridized carbons (Fsp3) is 0.429. The van der Waals surface area contributed by atoms with E-state index < -0.39 is 6.16 Å². The van der Waals surface area contributed by atoms with Crippen molar-refractivity contribution in [3.05, 3.63) is 71.8 Å². The van der Waals surface area contributed by atoms with Crippen LogP contribution in [-0.2, 0) is 31.8 Å². The summed E-state index contributed by atoms with van der Waals surface area (Å²) in [5.41, 5.74) is 2.59. The summed E-state index contributed by atoms with van der Waals surface area (Å²) in [5.74, 6) is 0.643. The van der Waals surface area contributed by atoms with Crippen molar-refractivity contribution >= 4 is 0 Å². The highest BCUT2D eigenvalue weighted by Crippen LogP contribution is 2.31. The van der Waals surface area contributed by atoms with Crippen LogP contribution in [0, 0.1) is 11.8 Å². The molecule has 132 valence electrons. The van der Waals surface area contributed by atoms with Crippen LogP contribution in [0.25, 0.3) is 0 Å². The highest BCUT2D eigenvalue weighted by molar-refractivity contribution is 5.16. The van der Waals surface area contributed by atoms with Gasteiger partial charge in [-0.05, 0) is 24.0 Å². The molecular formula is C21H24O4. The SMILES string of the molecule is c1ccc(CC2COC3(OC2)OCC(Cc2ccccc2)CO3)cc1. The van der Waals surface area contributed by atoms with Crippen LogP contribution >= 0.6 is 0 Å². The molecule has 4 rings (SSSR count). The first-order valence-corrected chi connectivity index (χ1v) is 8.95. The Bertz CT molecular complexity index is 579. The monoisotopic (exact) mass is 340 g/mol. The molecule has 2 aliphatic heterocycles. The molecule has 2 fully saturated rings. The number of ether oxygens (including phenoxy) is 4. The summed E-state index contributed by atoms with van der Waals surface area (Å²) in [6.45, 7) is 2.33. The van der Waals surface area contributed by atoms with Gasteiger partial charge in [-0.1, -0.05) is 60.7 Å². The quantitative estimate of drug-likeness (QED) is 0.855. The summed E-state index contributed by atoms with van der Waals surface area (Å²) < 4.78 is 23.3. The zero-order valence-corrected chi connectivity index (χ0v) is 14.3. The van der Waals surface area contributed by atoms with E-state index in [2.05, 4.69) is 48.5 Å². The van der Waals surface area contributed by atoms with Gasteiger partial charge in [0.2, 0.25) is 0 Å². The summed E-state index contributed by atoms with van der Waals surface area (Å²) in [7, 11) is 0. The van der Waals surface area contributed by atoms with Crippen LogP contribution in [0.2, 0.25) is 0 Å². The Morgan fingerprint density at radius 2 is 0.960 bits per heavy atom. The molecule has 0 unspecified atom stereocenters. The molecule has 0 radical (unpaired) electrons. The van der Waals surface area contributed by atoms with Crippen LogP contribution < -0.4 is 0 Å². The predicted molar refractivity (Wildman–Crippen MR) is 93.8 cm³/mol. The van der Waals surface area contributed by atoms with Gasteiger partial charge < -0.3 is 18.9 Å². The molecular weight excluding hydrogens is 316 g/mol. The second kappa shape index (κ2) is 7.67. The molecule has 0 bridgehead atoms. The number of hydrogen-bond donors (Lipinski definition) is 0. The van der Waals surface area contributed by atoms with Crippen molar-refractivity contribution in [3.8, 4) is 0 Å². The lowest BCUT2D eigenvalue weighted by molar-refractivity contribution is -0.534. The summed E-state index contributed by atoms with van der Waals surface area (Å²) in [4.78, 5) is 0. The first-order valence-electron chi connectivity index (χ1n) is 8.95. The minimum atomic E-state index is -1.29. The Balaban J connectivity index is 1.25. The van der Waals surface area contributed by atoms with Crippen LogP contribution in [0.1, 0.15) is 11.1 Å². The number of hydrogen-bond acceptors (Lipinski definition) is 4. The Morgan fingerprint density at radius 1 is 0.600 bits per heavy atom. The van der Waals surface area contributed by atoms with Gasteiger partial charge in [0.1, 0.15) is 0 Å². The van der Waals surface area contributed by atoms with E-state index >= 15 is 0 Å². The molecule has 2 aromatic carbocycles. The average Bonchev–Trinajstić information content (AvgIpc) is 2.68. The third-order valence-electron chi connectivity index (χ3n) is 4.72. The average molecular weight is 340 g/mol. The van der Waals surface area contributed by atoms with Crippen LogP contribution in [0.15, 0.2) is 60.7 Å². The van der Waals surface area contributed by atoms with Crippen molar-refractivity contribution in [1.82, 2.24) is 0 Å². The first kappa shape index (κ1) is 16.7. The van der Waals surface area contributed by atoms with Crippen LogP contribution in [0.5, 0.6) is 0 Å². The normalized spacial score (nSPS) is 29.6. The van der Waals surface area contributed by atoms with Gasteiger partial charge in [-0.2, -0.15) is 0 Å². The molecule has 4 heteroatoms. The van der Waals surface area contributed by atoms with Gasteiger partial charge in [0.25, 0.3) is 0 Å². The second-order valence-corrected chi connectivity index (χ2v) is 6.86. The maximum atomic E-state index is 5.82. The summed E-state index contributed by atoms with van der Waals surface area (Å²) in [6, 6.07) is 20.8. The van der Waals surface area contributed by atoms with Gasteiger partial charge in [-0.15, -0.1) is 0 Å². The zero-order valence-electron chi connectivity index (χ0n) is 14.3. The largest absolute Gasteiger partial charge is 0.412 e. The predicted octanol–water partition coefficient (Wildman–Crippen LogP) is 3.41. The fourth-order valence-electron chi connectivity index (χ4n) is 3.36. The smallest absolute Gasteiger partial charge is 0.303 e. The van der Waals surface area contributed by atoms with E-state index in [-0.39, 0.29) is 0 Å². The van der Waals surface area contributed by atoms with Crippen molar-refractivity contribution in [2.75, 3.05) is 26.4 Å². The molecule has 0 atom stereocenters. The van der Waals surface area contributed by atoms with E-state index in [4.69, 9.17) is 18.9 Å². The van der Waals surface area contributed by atoms with Gasteiger partial charge in [-0.3, -0.25) is 0 Å². The number of rotatable bonds is 4. The van der Waals surface area contributed by atoms with Gasteiger partial charge in [0.15, 0.2) is 0 Å². The molecule has 1 spiro atoms. The Labute approximate surface area is 148 Å². The summed E-state index contributed by atoms with van der Waals surface area (Å²) >= 11 is 0. The molecule has 0 saturated carbocycles. The molecule has 4 nitrogen and oxygen atoms in total. The van der Waals surface area contributed by atoms with E-state index in [1.807, 2.05) is 12.1 Å². The Kier molecular flexibility index (Phi) is 5.13. The molecule has 0 amide bonds. The fourth-order valence-corrected chi connectivity index (χ4v) is 3.36. The zero-order chi connectivity index (χ0) is 17.0. The first-order chi connectivity index (χ1) is 12.3. The third kappa shape index (κ3) is 4.28. The summed E-state index contributed by atoms with van der Waals surface area (Å²) in [6.07, 6.45) is 0.585. The molecule has 0 aliphatic carbocycles. The second-order valence-electron chi connectivity index (χ2n) is 6.86. The van der Waals surface area contributed by atoms with E-state index in [0.717, 1.165) is 12.8 Å². The van der Waals surface area contributed by atoms with Gasteiger partial charge in [-0.25, -0.2) is 0 Å². The van der Waals surface area contributed by atoms with Gasteiger partial charge in [0.05, 0.1) is 26.4 Å². The van der Waals surface area contributed by atoms with Crippen LogP contribution in [-0.4, -0.2) is 32.6 Å². The molecule has 2 aromatic rings. The molecule has 2 heterocycles. The van der Waals surface area contributed by atoms with Crippen molar-refractivity contribution in [3.63, 3.8) is 0 Å². The van der Waals surface area contributed by atoms with Gasteiger partial charge in [0, 0.05) is 11.8 Å². The van der Waals surface area contributed by atoms with Crippen molar-refractivity contribution in [2.24, 2.45) is 11.8 Å². The Hall–Kier alpha value is -1.72. The van der Waals surface area contributed by atoms with E-state index in [9.17, 15) is 0 Å². The maximum absolute atomic E-state index is 5.82. The van der Waals surface area contributed by atoms with E-state index in [1.165, 1.54) is 11.1 Å². The van der Waals surface area contributed by atoms with Gasteiger partial charge >= 0.3 is 6.16 Å². The maximum Gasteiger partial charge on any atom is 0.412 e. The topological polar surface area (TPSA) is 36.9 Å². The van der Waals surface area contributed by atoms with Crippen LogP contribution in [0.4, 0.5) is 0 Å². The van der Waals surface area contributed by atoms with Crippen molar-refractivity contribution in [2.45, 2.75) is 19.0 Å². The lowest BCUT2D eigenvalue weighted by Crippen LogP contribution is -2.53. The van der Waals surface area contributed by atoms with Crippen molar-refractivity contribution < 1.29 is 18.9 Å². The standard InChI is InChI=1S/C21H24O4/c1-3-7-17(8-4-1)11-19-13-22-21(23-14-19)24-15-20(16-25-21)12-18-9-5-2-6-10-18/h1-10,19-20H,11-16H2. The lowest BCUT2D eigenvalue weighted by atomic mass is 10.00. The molecule has 25 heavy (non-hydrogen) atoms. The highest BCUT2D eigenvalue weighted by atomic mass is 17.0. The van der Waals surface area contributed by atoms with Crippen molar-refractivity contribution in [1.29, 1.82) is 0 Å². The Morgan fingerprint density at radius 3 is 1.32 bits per heavy atom. The molecule has 2 saturated heterocycles. The molecule has 2 aliphatic rings. The highest BCUT2D eigenvalue weighted by Gasteiger charge is 2.44. The third-order valence-corrected chi connectivity index (χ3v) is 4.72. The van der Waals surface area contributed by atoms with E-state index in [0.29, 0.717) is 38.3 Å².